The molecular formula is C30H36F2N2O2. The number of benzene rings is 3. The molecule has 1 N–H and O–H groups in total. The van der Waals surface area contributed by atoms with Gasteiger partial charge in [-0.2, -0.15) is 0 Å². The van der Waals surface area contributed by atoms with E-state index in [-0.39, 0.29) is 24.2 Å². The number of piperazine rings is 1. The van der Waals surface area contributed by atoms with Crippen molar-refractivity contribution in [3.63, 3.8) is 0 Å². The summed E-state index contributed by atoms with van der Waals surface area (Å²) < 4.78 is 32.6. The van der Waals surface area contributed by atoms with Gasteiger partial charge in [-0.05, 0) is 73.8 Å². The lowest BCUT2D eigenvalue weighted by Crippen LogP contribution is -2.49. The van der Waals surface area contributed by atoms with Gasteiger partial charge in [0, 0.05) is 38.6 Å². The molecule has 192 valence electrons. The fourth-order valence-corrected chi connectivity index (χ4v) is 4.81. The van der Waals surface area contributed by atoms with Crippen LogP contribution < -0.4 is 4.74 Å². The molecule has 1 aliphatic heterocycles. The van der Waals surface area contributed by atoms with E-state index < -0.39 is 6.10 Å². The Kier molecular flexibility index (Phi) is 9.45. The molecule has 0 saturated carbocycles. The molecule has 3 aromatic rings. The van der Waals surface area contributed by atoms with Crippen molar-refractivity contribution in [2.24, 2.45) is 0 Å². The first-order valence-electron chi connectivity index (χ1n) is 12.8. The second-order valence-corrected chi connectivity index (χ2v) is 9.72. The Labute approximate surface area is 213 Å². The summed E-state index contributed by atoms with van der Waals surface area (Å²) in [6.45, 7) is 7.67. The fourth-order valence-electron chi connectivity index (χ4n) is 4.81. The zero-order valence-electron chi connectivity index (χ0n) is 21.0. The highest BCUT2D eigenvalue weighted by atomic mass is 19.1. The minimum Gasteiger partial charge on any atom is -0.491 e. The van der Waals surface area contributed by atoms with Gasteiger partial charge in [0.25, 0.3) is 0 Å². The van der Waals surface area contributed by atoms with Crippen LogP contribution in [-0.4, -0.2) is 66.9 Å². The standard InChI is InChI=1S/C30H36F2N2O2/c1-23-4-14-29(15-5-23)36-22-28(35)21-34-19-17-33(18-20-34)16-2-3-30(24-6-10-26(31)11-7-24)25-8-12-27(32)13-9-25/h4-15,28,30,35H,2-3,16-22H2,1H3. The average molecular weight is 495 g/mol. The molecule has 0 amide bonds. The smallest absolute Gasteiger partial charge is 0.123 e. The number of aliphatic hydroxyl groups is 1. The van der Waals surface area contributed by atoms with E-state index in [2.05, 4.69) is 9.80 Å². The molecular weight excluding hydrogens is 458 g/mol. The van der Waals surface area contributed by atoms with Gasteiger partial charge in [0.2, 0.25) is 0 Å². The van der Waals surface area contributed by atoms with E-state index in [1.54, 1.807) is 0 Å². The number of aliphatic hydroxyl groups excluding tert-OH is 1. The second kappa shape index (κ2) is 12.9. The Morgan fingerprint density at radius 1 is 0.778 bits per heavy atom. The first kappa shape index (κ1) is 26.3. The maximum absolute atomic E-state index is 13.5. The number of hydrogen-bond donors (Lipinski definition) is 1. The number of halogens is 2. The quantitative estimate of drug-likeness (QED) is 0.395. The predicted octanol–water partition coefficient (Wildman–Crippen LogP) is 5.24. The van der Waals surface area contributed by atoms with E-state index in [0.29, 0.717) is 6.54 Å². The van der Waals surface area contributed by atoms with Gasteiger partial charge in [0.15, 0.2) is 0 Å². The maximum Gasteiger partial charge on any atom is 0.123 e. The Morgan fingerprint density at radius 2 is 1.31 bits per heavy atom. The number of ether oxygens (including phenoxy) is 1. The number of nitrogens with zero attached hydrogens (tertiary/aromatic N) is 2. The van der Waals surface area contributed by atoms with Crippen molar-refractivity contribution in [3.8, 4) is 5.75 Å². The SMILES string of the molecule is Cc1ccc(OCC(O)CN2CCN(CCCC(c3ccc(F)cc3)c3ccc(F)cc3)CC2)cc1. The monoisotopic (exact) mass is 494 g/mol. The molecule has 1 fully saturated rings. The highest BCUT2D eigenvalue weighted by Crippen LogP contribution is 2.30. The predicted molar refractivity (Wildman–Crippen MR) is 139 cm³/mol. The summed E-state index contributed by atoms with van der Waals surface area (Å²) in [6, 6.07) is 21.1. The first-order chi connectivity index (χ1) is 17.5. The van der Waals surface area contributed by atoms with Crippen molar-refractivity contribution < 1.29 is 18.6 Å². The molecule has 4 rings (SSSR count). The Hall–Kier alpha value is -2.80. The third-order valence-electron chi connectivity index (χ3n) is 6.91. The molecule has 0 aliphatic carbocycles. The Balaban J connectivity index is 1.20. The number of rotatable bonds is 11. The van der Waals surface area contributed by atoms with Crippen molar-refractivity contribution in [2.75, 3.05) is 45.9 Å². The minimum absolute atomic E-state index is 0.108. The van der Waals surface area contributed by atoms with Crippen molar-refractivity contribution in [2.45, 2.75) is 31.8 Å². The van der Waals surface area contributed by atoms with E-state index in [9.17, 15) is 13.9 Å². The highest BCUT2D eigenvalue weighted by molar-refractivity contribution is 5.32. The Bertz CT molecular complexity index is 1000. The van der Waals surface area contributed by atoms with Gasteiger partial charge in [0.05, 0.1) is 0 Å². The van der Waals surface area contributed by atoms with Gasteiger partial charge in [-0.15, -0.1) is 0 Å². The first-order valence-corrected chi connectivity index (χ1v) is 12.8. The maximum atomic E-state index is 13.5. The molecule has 3 aromatic carbocycles. The van der Waals surface area contributed by atoms with E-state index in [1.807, 2.05) is 55.5 Å². The van der Waals surface area contributed by atoms with Crippen molar-refractivity contribution in [1.29, 1.82) is 0 Å². The van der Waals surface area contributed by atoms with Crippen LogP contribution in [0.15, 0.2) is 72.8 Å². The van der Waals surface area contributed by atoms with E-state index in [0.717, 1.165) is 62.4 Å². The summed E-state index contributed by atoms with van der Waals surface area (Å²) in [4.78, 5) is 4.75. The molecule has 6 heteroatoms. The summed E-state index contributed by atoms with van der Waals surface area (Å²) in [6.07, 6.45) is 1.38. The van der Waals surface area contributed by atoms with Crippen LogP contribution in [0.5, 0.6) is 5.75 Å². The molecule has 1 saturated heterocycles. The van der Waals surface area contributed by atoms with Crippen LogP contribution in [0.3, 0.4) is 0 Å². The molecule has 36 heavy (non-hydrogen) atoms. The van der Waals surface area contributed by atoms with Crippen molar-refractivity contribution in [1.82, 2.24) is 9.80 Å². The molecule has 0 spiro atoms. The van der Waals surface area contributed by atoms with Crippen LogP contribution in [0.1, 0.15) is 35.4 Å². The zero-order chi connectivity index (χ0) is 25.3. The molecule has 1 heterocycles. The van der Waals surface area contributed by atoms with E-state index in [4.69, 9.17) is 4.74 Å². The van der Waals surface area contributed by atoms with Gasteiger partial charge >= 0.3 is 0 Å². The minimum atomic E-state index is -0.523. The van der Waals surface area contributed by atoms with Crippen molar-refractivity contribution >= 4 is 0 Å². The molecule has 0 bridgehead atoms. The summed E-state index contributed by atoms with van der Waals surface area (Å²) in [5.41, 5.74) is 3.28. The van der Waals surface area contributed by atoms with E-state index >= 15 is 0 Å². The van der Waals surface area contributed by atoms with Gasteiger partial charge in [-0.25, -0.2) is 8.78 Å². The third kappa shape index (κ3) is 7.85. The fraction of sp³-hybridized carbons (Fsp3) is 0.400. The number of aryl methyl sites for hydroxylation is 1. The number of β-amino-alcohol motifs (C(OH)–C–C–N with tert-alkyl or cyclic N) is 1. The summed E-state index contributed by atoms with van der Waals surface area (Å²) >= 11 is 0. The number of hydrogen-bond acceptors (Lipinski definition) is 4. The van der Waals surface area contributed by atoms with Crippen LogP contribution in [0, 0.1) is 18.6 Å². The molecule has 0 aromatic heterocycles. The lowest BCUT2D eigenvalue weighted by Gasteiger charge is -2.35. The topological polar surface area (TPSA) is 35.9 Å². The van der Waals surface area contributed by atoms with Gasteiger partial charge in [-0.1, -0.05) is 42.0 Å². The van der Waals surface area contributed by atoms with Gasteiger partial charge < -0.3 is 14.7 Å². The average Bonchev–Trinajstić information content (AvgIpc) is 2.89. The molecule has 1 unspecified atom stereocenters. The largest absolute Gasteiger partial charge is 0.491 e. The van der Waals surface area contributed by atoms with Crippen molar-refractivity contribution in [3.05, 3.63) is 101 Å². The third-order valence-corrected chi connectivity index (χ3v) is 6.91. The van der Waals surface area contributed by atoms with Crippen LogP contribution in [0.2, 0.25) is 0 Å². The highest BCUT2D eigenvalue weighted by Gasteiger charge is 2.20. The van der Waals surface area contributed by atoms with Gasteiger partial charge in [0.1, 0.15) is 30.1 Å². The second-order valence-electron chi connectivity index (χ2n) is 9.72. The molecule has 1 atom stereocenters. The molecule has 4 nitrogen and oxygen atoms in total. The van der Waals surface area contributed by atoms with Crippen LogP contribution in [0.4, 0.5) is 8.78 Å². The summed E-state index contributed by atoms with van der Waals surface area (Å²) in [5, 5.41) is 10.4. The summed E-state index contributed by atoms with van der Waals surface area (Å²) in [7, 11) is 0. The Morgan fingerprint density at radius 3 is 1.86 bits per heavy atom. The van der Waals surface area contributed by atoms with Gasteiger partial charge in [-0.3, -0.25) is 4.90 Å². The molecule has 0 radical (unpaired) electrons. The summed E-state index contributed by atoms with van der Waals surface area (Å²) in [5.74, 6) is 0.392. The van der Waals surface area contributed by atoms with E-state index in [1.165, 1.54) is 29.8 Å². The van der Waals surface area contributed by atoms with Crippen LogP contribution >= 0.6 is 0 Å². The normalized spacial score (nSPS) is 15.8. The van der Waals surface area contributed by atoms with Crippen LogP contribution in [0.25, 0.3) is 0 Å². The zero-order valence-corrected chi connectivity index (χ0v) is 21.0. The lowest BCUT2D eigenvalue weighted by molar-refractivity contribution is 0.0457. The van der Waals surface area contributed by atoms with Crippen LogP contribution in [-0.2, 0) is 0 Å². The molecule has 1 aliphatic rings. The lowest BCUT2D eigenvalue weighted by atomic mass is 9.87.